The van der Waals surface area contributed by atoms with Crippen molar-refractivity contribution >= 4 is 27.3 Å². The highest BCUT2D eigenvalue weighted by molar-refractivity contribution is 9.10. The number of nitrogen functional groups attached to an aromatic ring is 1. The molecule has 1 aliphatic heterocycles. The van der Waals surface area contributed by atoms with Crippen molar-refractivity contribution in [3.8, 4) is 0 Å². The minimum Gasteiger partial charge on any atom is -0.399 e. The van der Waals surface area contributed by atoms with Crippen molar-refractivity contribution in [3.63, 3.8) is 0 Å². The number of hydrogen-bond donors (Lipinski definition) is 1. The highest BCUT2D eigenvalue weighted by Gasteiger charge is 2.12. The van der Waals surface area contributed by atoms with Crippen molar-refractivity contribution in [2.45, 2.75) is 12.8 Å². The number of likely N-dealkylation sites (tertiary alicyclic amines) is 1. The molecule has 2 rings (SSSR count). The van der Waals surface area contributed by atoms with Crippen molar-refractivity contribution in [2.75, 3.05) is 43.9 Å². The molecule has 0 aliphatic carbocycles. The average Bonchev–Trinajstić information content (AvgIpc) is 2.78. The Bertz CT molecular complexity index is 375. The van der Waals surface area contributed by atoms with Gasteiger partial charge in [-0.15, -0.1) is 0 Å². The first kappa shape index (κ1) is 12.7. The summed E-state index contributed by atoms with van der Waals surface area (Å²) in [7, 11) is 2.13. The van der Waals surface area contributed by atoms with Gasteiger partial charge in [-0.25, -0.2) is 0 Å². The van der Waals surface area contributed by atoms with E-state index >= 15 is 0 Å². The maximum atomic E-state index is 5.74. The third-order valence-electron chi connectivity index (χ3n) is 3.33. The van der Waals surface area contributed by atoms with Gasteiger partial charge < -0.3 is 15.5 Å². The van der Waals surface area contributed by atoms with Gasteiger partial charge in [0.25, 0.3) is 0 Å². The zero-order chi connectivity index (χ0) is 12.3. The molecule has 1 aromatic carbocycles. The lowest BCUT2D eigenvalue weighted by molar-refractivity contribution is 0.346. The number of nitrogens with zero attached hydrogens (tertiary/aromatic N) is 2. The van der Waals surface area contributed by atoms with E-state index in [1.807, 2.05) is 12.1 Å². The molecule has 1 saturated heterocycles. The highest BCUT2D eigenvalue weighted by atomic mass is 79.9. The SMILES string of the molecule is CN(CCN1CCCC1)c1ccc(N)cc1Br. The molecule has 1 heterocycles. The largest absolute Gasteiger partial charge is 0.399 e. The number of nitrogens with two attached hydrogens (primary N) is 1. The molecule has 0 radical (unpaired) electrons. The van der Waals surface area contributed by atoms with E-state index in [9.17, 15) is 0 Å². The molecule has 0 bridgehead atoms. The fourth-order valence-corrected chi connectivity index (χ4v) is 2.95. The Kier molecular flexibility index (Phi) is 4.29. The number of halogens is 1. The quantitative estimate of drug-likeness (QED) is 0.867. The van der Waals surface area contributed by atoms with Crippen molar-refractivity contribution in [3.05, 3.63) is 22.7 Å². The molecule has 0 saturated carbocycles. The maximum Gasteiger partial charge on any atom is 0.0510 e. The zero-order valence-corrected chi connectivity index (χ0v) is 11.9. The first-order chi connectivity index (χ1) is 8.16. The second kappa shape index (κ2) is 5.74. The molecule has 94 valence electrons. The van der Waals surface area contributed by atoms with Crippen molar-refractivity contribution < 1.29 is 0 Å². The lowest BCUT2D eigenvalue weighted by atomic mass is 10.2. The van der Waals surface area contributed by atoms with Crippen molar-refractivity contribution in [2.24, 2.45) is 0 Å². The molecular weight excluding hydrogens is 278 g/mol. The summed E-state index contributed by atoms with van der Waals surface area (Å²) in [6.45, 7) is 4.73. The summed E-state index contributed by atoms with van der Waals surface area (Å²) >= 11 is 3.57. The van der Waals surface area contributed by atoms with Crippen LogP contribution in [0, 0.1) is 0 Å². The van der Waals surface area contributed by atoms with Crippen LogP contribution in [0.15, 0.2) is 22.7 Å². The van der Waals surface area contributed by atoms with Crippen LogP contribution in [0.2, 0.25) is 0 Å². The summed E-state index contributed by atoms with van der Waals surface area (Å²) < 4.78 is 1.07. The fourth-order valence-electron chi connectivity index (χ4n) is 2.25. The summed E-state index contributed by atoms with van der Waals surface area (Å²) in [6.07, 6.45) is 2.71. The van der Waals surface area contributed by atoms with E-state index in [0.717, 1.165) is 23.2 Å². The minimum atomic E-state index is 0.800. The molecule has 2 N–H and O–H groups in total. The van der Waals surface area contributed by atoms with E-state index < -0.39 is 0 Å². The van der Waals surface area contributed by atoms with Crippen LogP contribution in [0.25, 0.3) is 0 Å². The number of likely N-dealkylation sites (N-methyl/N-ethyl adjacent to an activating group) is 1. The van der Waals surface area contributed by atoms with E-state index in [1.165, 1.54) is 31.6 Å². The van der Waals surface area contributed by atoms with Gasteiger partial charge in [0.15, 0.2) is 0 Å². The molecule has 1 fully saturated rings. The van der Waals surface area contributed by atoms with Crippen LogP contribution in [-0.2, 0) is 0 Å². The number of anilines is 2. The molecule has 3 nitrogen and oxygen atoms in total. The first-order valence-electron chi connectivity index (χ1n) is 6.15. The standard InChI is InChI=1S/C13H20BrN3/c1-16(8-9-17-6-2-3-7-17)13-5-4-11(15)10-12(13)14/h4-5,10H,2-3,6-9,15H2,1H3. The lowest BCUT2D eigenvalue weighted by Gasteiger charge is -2.24. The molecule has 0 spiro atoms. The van der Waals surface area contributed by atoms with Gasteiger partial charge in [0, 0.05) is 30.3 Å². The van der Waals surface area contributed by atoms with Gasteiger partial charge in [-0.3, -0.25) is 0 Å². The van der Waals surface area contributed by atoms with Crippen LogP contribution in [0.1, 0.15) is 12.8 Å². The molecule has 4 heteroatoms. The minimum absolute atomic E-state index is 0.800. The smallest absolute Gasteiger partial charge is 0.0510 e. The van der Waals surface area contributed by atoms with Crippen molar-refractivity contribution in [1.82, 2.24) is 4.90 Å². The Morgan fingerprint density at radius 1 is 1.35 bits per heavy atom. The Labute approximate surface area is 112 Å². The van der Waals surface area contributed by atoms with Gasteiger partial charge in [-0.05, 0) is 60.1 Å². The Hall–Kier alpha value is -0.740. The highest BCUT2D eigenvalue weighted by Crippen LogP contribution is 2.27. The van der Waals surface area contributed by atoms with Crippen LogP contribution >= 0.6 is 15.9 Å². The van der Waals surface area contributed by atoms with Crippen LogP contribution in [-0.4, -0.2) is 38.1 Å². The molecule has 1 aliphatic rings. The molecular formula is C13H20BrN3. The monoisotopic (exact) mass is 297 g/mol. The summed E-state index contributed by atoms with van der Waals surface area (Å²) in [5, 5.41) is 0. The van der Waals surface area contributed by atoms with E-state index in [0.29, 0.717) is 0 Å². The lowest BCUT2D eigenvalue weighted by Crippen LogP contribution is -2.31. The number of hydrogen-bond acceptors (Lipinski definition) is 3. The van der Waals surface area contributed by atoms with Crippen LogP contribution in [0.3, 0.4) is 0 Å². The van der Waals surface area contributed by atoms with E-state index in [4.69, 9.17) is 5.73 Å². The third kappa shape index (κ3) is 3.36. The molecule has 0 unspecified atom stereocenters. The predicted molar refractivity (Wildman–Crippen MR) is 77.5 cm³/mol. The van der Waals surface area contributed by atoms with Gasteiger partial charge in [0.1, 0.15) is 0 Å². The topological polar surface area (TPSA) is 32.5 Å². The van der Waals surface area contributed by atoms with Gasteiger partial charge in [0.2, 0.25) is 0 Å². The Morgan fingerprint density at radius 3 is 2.71 bits per heavy atom. The predicted octanol–water partition coefficient (Wildman–Crippen LogP) is 2.56. The normalized spacial score (nSPS) is 16.4. The number of rotatable bonds is 4. The maximum absolute atomic E-state index is 5.74. The molecule has 0 aromatic heterocycles. The van der Waals surface area contributed by atoms with Gasteiger partial charge in [0.05, 0.1) is 5.69 Å². The Balaban J connectivity index is 1.91. The van der Waals surface area contributed by atoms with E-state index in [1.54, 1.807) is 0 Å². The summed E-state index contributed by atoms with van der Waals surface area (Å²) in [5.74, 6) is 0. The Morgan fingerprint density at radius 2 is 2.06 bits per heavy atom. The second-order valence-corrected chi connectivity index (χ2v) is 5.54. The van der Waals surface area contributed by atoms with Gasteiger partial charge in [-0.2, -0.15) is 0 Å². The third-order valence-corrected chi connectivity index (χ3v) is 3.97. The molecule has 0 amide bonds. The van der Waals surface area contributed by atoms with E-state index in [2.05, 4.69) is 38.8 Å². The van der Waals surface area contributed by atoms with E-state index in [-0.39, 0.29) is 0 Å². The van der Waals surface area contributed by atoms with Gasteiger partial charge in [-0.1, -0.05) is 0 Å². The zero-order valence-electron chi connectivity index (χ0n) is 10.3. The molecule has 0 atom stereocenters. The van der Waals surface area contributed by atoms with Crippen molar-refractivity contribution in [1.29, 1.82) is 0 Å². The summed E-state index contributed by atoms with van der Waals surface area (Å²) in [5.41, 5.74) is 7.75. The molecule has 17 heavy (non-hydrogen) atoms. The van der Waals surface area contributed by atoms with Gasteiger partial charge >= 0.3 is 0 Å². The van der Waals surface area contributed by atoms with Crippen LogP contribution in [0.5, 0.6) is 0 Å². The first-order valence-corrected chi connectivity index (χ1v) is 6.94. The van der Waals surface area contributed by atoms with Crippen LogP contribution in [0.4, 0.5) is 11.4 Å². The van der Waals surface area contributed by atoms with Crippen LogP contribution < -0.4 is 10.6 Å². The summed E-state index contributed by atoms with van der Waals surface area (Å²) in [6, 6.07) is 5.98. The number of benzene rings is 1. The average molecular weight is 298 g/mol. The molecule has 1 aromatic rings. The second-order valence-electron chi connectivity index (χ2n) is 4.68. The summed E-state index contributed by atoms with van der Waals surface area (Å²) in [4.78, 5) is 4.81. The fraction of sp³-hybridized carbons (Fsp3) is 0.538.